The molecule has 0 aromatic rings. The minimum atomic E-state index is -0.280. The Morgan fingerprint density at radius 1 is 1.39 bits per heavy atom. The second-order valence-corrected chi connectivity index (χ2v) is 5.50. The molecule has 0 saturated carbocycles. The van der Waals surface area contributed by atoms with Crippen molar-refractivity contribution < 1.29 is 14.3 Å². The monoisotopic (exact) mass is 275 g/mol. The maximum absolute atomic E-state index is 12.4. The molecule has 1 N–H and O–H groups in total. The average molecular weight is 276 g/mol. The van der Waals surface area contributed by atoms with E-state index in [1.54, 1.807) is 0 Å². The van der Waals surface area contributed by atoms with Gasteiger partial charge in [-0.2, -0.15) is 0 Å². The summed E-state index contributed by atoms with van der Waals surface area (Å²) < 4.78 is 10.9. The van der Waals surface area contributed by atoms with Gasteiger partial charge in [0.1, 0.15) is 0 Å². The van der Waals surface area contributed by atoms with Gasteiger partial charge in [-0.3, -0.25) is 4.79 Å². The van der Waals surface area contributed by atoms with Gasteiger partial charge in [-0.1, -0.05) is 6.92 Å². The van der Waals surface area contributed by atoms with E-state index < -0.39 is 0 Å². The van der Waals surface area contributed by atoms with Crippen LogP contribution in [0.1, 0.15) is 32.6 Å². The maximum atomic E-state index is 12.4. The van der Waals surface area contributed by atoms with Crippen LogP contribution in [-0.4, -0.2) is 43.3 Å². The molecule has 0 spiro atoms. The van der Waals surface area contributed by atoms with Crippen molar-refractivity contribution in [3.8, 4) is 0 Å². The van der Waals surface area contributed by atoms with Gasteiger partial charge in [0.2, 0.25) is 5.91 Å². The number of nitrogens with one attached hydrogen (secondary N) is 1. The largest absolute Gasteiger partial charge is 0.381 e. The summed E-state index contributed by atoms with van der Waals surface area (Å²) in [6, 6.07) is 0. The summed E-state index contributed by atoms with van der Waals surface area (Å²) in [6.07, 6.45) is 3.37. The Balaban J connectivity index is 1.96. The van der Waals surface area contributed by atoms with E-state index in [-0.39, 0.29) is 23.5 Å². The third-order valence-electron chi connectivity index (χ3n) is 4.04. The number of hydrogen-bond donors (Lipinski definition) is 1. The Labute approximate surface area is 113 Å². The molecule has 0 aromatic carbocycles. The van der Waals surface area contributed by atoms with Gasteiger partial charge in [0.05, 0.1) is 17.6 Å². The van der Waals surface area contributed by atoms with E-state index in [0.717, 1.165) is 25.7 Å². The molecule has 1 amide bonds. The molecule has 2 saturated heterocycles. The molecule has 0 radical (unpaired) electrons. The number of rotatable bonds is 4. The minimum absolute atomic E-state index is 0.0158. The van der Waals surface area contributed by atoms with E-state index in [2.05, 4.69) is 12.2 Å². The fraction of sp³-hybridized carbons (Fsp3) is 0.923. The van der Waals surface area contributed by atoms with Gasteiger partial charge in [0.25, 0.3) is 0 Å². The molecule has 4 nitrogen and oxygen atoms in total. The summed E-state index contributed by atoms with van der Waals surface area (Å²) in [7, 11) is 0. The normalized spacial score (nSPS) is 31.2. The lowest BCUT2D eigenvalue weighted by Gasteiger charge is -2.37. The summed E-state index contributed by atoms with van der Waals surface area (Å²) in [5.74, 6) is 0.534. The van der Waals surface area contributed by atoms with E-state index in [1.807, 2.05) is 0 Å². The van der Waals surface area contributed by atoms with Crippen molar-refractivity contribution in [3.05, 3.63) is 0 Å². The van der Waals surface area contributed by atoms with Crippen molar-refractivity contribution >= 4 is 17.5 Å². The van der Waals surface area contributed by atoms with Crippen molar-refractivity contribution in [3.63, 3.8) is 0 Å². The van der Waals surface area contributed by atoms with Crippen molar-refractivity contribution in [1.29, 1.82) is 0 Å². The summed E-state index contributed by atoms with van der Waals surface area (Å²) in [5.41, 5.74) is -0.280. The lowest BCUT2D eigenvalue weighted by Crippen LogP contribution is -2.55. The van der Waals surface area contributed by atoms with Crippen LogP contribution in [0.25, 0.3) is 0 Å². The minimum Gasteiger partial charge on any atom is -0.381 e. The number of halogens is 1. The summed E-state index contributed by atoms with van der Waals surface area (Å²) in [6.45, 7) is 4.09. The second-order valence-electron chi connectivity index (χ2n) is 5.23. The molecule has 2 aliphatic rings. The lowest BCUT2D eigenvalue weighted by atomic mass is 9.90. The first-order valence-corrected chi connectivity index (χ1v) is 7.31. The molecular weight excluding hydrogens is 254 g/mol. The summed E-state index contributed by atoms with van der Waals surface area (Å²) in [4.78, 5) is 12.4. The van der Waals surface area contributed by atoms with Crippen LogP contribution in [0.2, 0.25) is 0 Å². The highest BCUT2D eigenvalue weighted by molar-refractivity contribution is 6.18. The number of hydrogen-bond acceptors (Lipinski definition) is 3. The highest BCUT2D eigenvalue weighted by Gasteiger charge is 2.39. The molecule has 104 valence electrons. The first-order valence-electron chi connectivity index (χ1n) is 6.78. The standard InChI is InChI=1S/C13H22ClNO3/c1-2-11-10(3-6-18-11)12(16)15-13(9-14)4-7-17-8-5-13/h10-11H,2-9H2,1H3,(H,15,16). The number of alkyl halides is 1. The van der Waals surface area contributed by atoms with E-state index >= 15 is 0 Å². The van der Waals surface area contributed by atoms with Gasteiger partial charge >= 0.3 is 0 Å². The Bertz CT molecular complexity index is 292. The molecule has 2 heterocycles. The van der Waals surface area contributed by atoms with Gasteiger partial charge in [-0.15, -0.1) is 11.6 Å². The highest BCUT2D eigenvalue weighted by Crippen LogP contribution is 2.27. The van der Waals surface area contributed by atoms with Gasteiger partial charge in [-0.05, 0) is 25.7 Å². The summed E-state index contributed by atoms with van der Waals surface area (Å²) in [5, 5.41) is 3.16. The molecule has 2 unspecified atom stereocenters. The van der Waals surface area contributed by atoms with Crippen molar-refractivity contribution in [1.82, 2.24) is 5.32 Å². The van der Waals surface area contributed by atoms with Crippen LogP contribution in [0.5, 0.6) is 0 Å². The number of ether oxygens (including phenoxy) is 2. The van der Waals surface area contributed by atoms with Crippen molar-refractivity contribution in [2.45, 2.75) is 44.2 Å². The maximum Gasteiger partial charge on any atom is 0.226 e. The topological polar surface area (TPSA) is 47.6 Å². The van der Waals surface area contributed by atoms with E-state index in [4.69, 9.17) is 21.1 Å². The van der Waals surface area contributed by atoms with Crippen molar-refractivity contribution in [2.24, 2.45) is 5.92 Å². The number of carbonyl (C=O) groups is 1. The predicted molar refractivity (Wildman–Crippen MR) is 69.8 cm³/mol. The van der Waals surface area contributed by atoms with Crippen LogP contribution >= 0.6 is 11.6 Å². The van der Waals surface area contributed by atoms with Crippen LogP contribution in [-0.2, 0) is 14.3 Å². The Morgan fingerprint density at radius 3 is 2.72 bits per heavy atom. The van der Waals surface area contributed by atoms with Crippen LogP contribution in [0, 0.1) is 5.92 Å². The number of carbonyl (C=O) groups excluding carboxylic acids is 1. The molecule has 18 heavy (non-hydrogen) atoms. The highest BCUT2D eigenvalue weighted by atomic mass is 35.5. The zero-order chi connectivity index (χ0) is 13.0. The molecule has 5 heteroatoms. The van der Waals surface area contributed by atoms with Crippen LogP contribution in [0.4, 0.5) is 0 Å². The SMILES string of the molecule is CCC1OCCC1C(=O)NC1(CCl)CCOCC1. The Morgan fingerprint density at radius 2 is 2.11 bits per heavy atom. The quantitative estimate of drug-likeness (QED) is 0.795. The van der Waals surface area contributed by atoms with Crippen LogP contribution in [0.15, 0.2) is 0 Å². The first-order chi connectivity index (χ1) is 8.71. The fourth-order valence-electron chi connectivity index (χ4n) is 2.76. The number of amides is 1. The predicted octanol–water partition coefficient (Wildman–Crippen LogP) is 1.71. The molecule has 2 fully saturated rings. The molecule has 2 atom stereocenters. The third kappa shape index (κ3) is 2.98. The summed E-state index contributed by atoms with van der Waals surface area (Å²) >= 11 is 6.06. The van der Waals surface area contributed by atoms with E-state index in [1.165, 1.54) is 0 Å². The Kier molecular flexibility index (Phi) is 4.87. The zero-order valence-electron chi connectivity index (χ0n) is 10.9. The van der Waals surface area contributed by atoms with Gasteiger partial charge in [-0.25, -0.2) is 0 Å². The molecular formula is C13H22ClNO3. The Hall–Kier alpha value is -0.320. The van der Waals surface area contributed by atoms with Crippen LogP contribution in [0.3, 0.4) is 0 Å². The van der Waals surface area contributed by atoms with Crippen molar-refractivity contribution in [2.75, 3.05) is 25.7 Å². The fourth-order valence-corrected chi connectivity index (χ4v) is 3.09. The molecule has 0 aliphatic carbocycles. The average Bonchev–Trinajstić information content (AvgIpc) is 2.88. The lowest BCUT2D eigenvalue weighted by molar-refractivity contribution is -0.129. The smallest absolute Gasteiger partial charge is 0.226 e. The molecule has 0 aromatic heterocycles. The zero-order valence-corrected chi connectivity index (χ0v) is 11.7. The molecule has 0 bridgehead atoms. The molecule has 2 rings (SSSR count). The van der Waals surface area contributed by atoms with Gasteiger partial charge < -0.3 is 14.8 Å². The van der Waals surface area contributed by atoms with E-state index in [9.17, 15) is 4.79 Å². The third-order valence-corrected chi connectivity index (χ3v) is 4.55. The van der Waals surface area contributed by atoms with E-state index in [0.29, 0.717) is 25.7 Å². The first kappa shape index (κ1) is 14.1. The van der Waals surface area contributed by atoms with Gasteiger partial charge in [0.15, 0.2) is 0 Å². The van der Waals surface area contributed by atoms with Crippen LogP contribution < -0.4 is 5.32 Å². The van der Waals surface area contributed by atoms with Gasteiger partial charge in [0, 0.05) is 25.7 Å². The second kappa shape index (κ2) is 6.22. The molecule has 2 aliphatic heterocycles.